The summed E-state index contributed by atoms with van der Waals surface area (Å²) in [5.41, 5.74) is 3.92. The zero-order chi connectivity index (χ0) is 19.3. The lowest BCUT2D eigenvalue weighted by molar-refractivity contribution is -0.753. The van der Waals surface area contributed by atoms with Crippen molar-refractivity contribution in [3.05, 3.63) is 41.1 Å². The van der Waals surface area contributed by atoms with Gasteiger partial charge in [-0.2, -0.15) is 0 Å². The highest BCUT2D eigenvalue weighted by Gasteiger charge is 2.53. The van der Waals surface area contributed by atoms with E-state index in [4.69, 9.17) is 9.72 Å². The van der Waals surface area contributed by atoms with E-state index in [9.17, 15) is 4.79 Å². The molecular weight excluding hydrogens is 348 g/mol. The predicted octanol–water partition coefficient (Wildman–Crippen LogP) is 3.75. The number of hydrogen-bond donors (Lipinski definition) is 1. The number of hydrogen-bond acceptors (Lipinski definition) is 3. The van der Waals surface area contributed by atoms with Crippen LogP contribution in [0.3, 0.4) is 0 Å². The molecule has 1 aromatic carbocycles. The molecule has 4 bridgehead atoms. The highest BCUT2D eigenvalue weighted by Crippen LogP contribution is 2.54. The summed E-state index contributed by atoms with van der Waals surface area (Å²) in [6, 6.07) is 8.12. The van der Waals surface area contributed by atoms with Gasteiger partial charge in [-0.15, -0.1) is 0 Å². The number of para-hydroxylation sites is 1. The molecule has 4 aliphatic rings. The molecule has 1 aromatic heterocycles. The molecule has 0 radical (unpaired) electrons. The zero-order valence-electron chi connectivity index (χ0n) is 17.0. The molecule has 1 heterocycles. The van der Waals surface area contributed by atoms with E-state index < -0.39 is 0 Å². The maximum atomic E-state index is 12.8. The first-order valence-corrected chi connectivity index (χ1v) is 11.0. The maximum absolute atomic E-state index is 12.8. The average Bonchev–Trinajstić information content (AvgIpc) is 2.65. The molecule has 0 aliphatic heterocycles. The van der Waals surface area contributed by atoms with Gasteiger partial charge in [-0.3, -0.25) is 0 Å². The summed E-state index contributed by atoms with van der Waals surface area (Å²) < 4.78 is 5.40. The molecule has 6 rings (SSSR count). The van der Waals surface area contributed by atoms with Crippen molar-refractivity contribution < 1.29 is 14.8 Å². The summed E-state index contributed by atoms with van der Waals surface area (Å²) in [4.78, 5) is 17.7. The Morgan fingerprint density at radius 3 is 2.43 bits per heavy atom. The van der Waals surface area contributed by atoms with Crippen LogP contribution in [0.2, 0.25) is 0 Å². The number of ether oxygens (including phenoxy) is 1. The highest BCUT2D eigenvalue weighted by molar-refractivity contribution is 5.98. The third-order valence-electron chi connectivity index (χ3n) is 7.52. The first kappa shape index (κ1) is 18.1. The third kappa shape index (κ3) is 3.02. The van der Waals surface area contributed by atoms with E-state index >= 15 is 0 Å². The first-order chi connectivity index (χ1) is 13.6. The Morgan fingerprint density at radius 1 is 1.14 bits per heavy atom. The Labute approximate surface area is 167 Å². The van der Waals surface area contributed by atoms with Gasteiger partial charge in [0.05, 0.1) is 23.2 Å². The highest BCUT2D eigenvalue weighted by atomic mass is 16.5. The van der Waals surface area contributed by atoms with Gasteiger partial charge in [-0.05, 0) is 62.5 Å². The summed E-state index contributed by atoms with van der Waals surface area (Å²) in [5, 5.41) is 3.58. The molecule has 148 valence electrons. The van der Waals surface area contributed by atoms with Crippen LogP contribution in [0.15, 0.2) is 24.3 Å². The monoisotopic (exact) mass is 379 g/mol. The van der Waals surface area contributed by atoms with Gasteiger partial charge in [0.1, 0.15) is 12.2 Å². The predicted molar refractivity (Wildman–Crippen MR) is 109 cm³/mol. The van der Waals surface area contributed by atoms with E-state index in [1.165, 1.54) is 38.5 Å². The molecule has 4 saturated carbocycles. The second-order valence-electron chi connectivity index (χ2n) is 9.48. The number of carbonyl (C=O) groups excluding carboxylic acids is 1. The molecule has 0 spiro atoms. The van der Waals surface area contributed by atoms with Gasteiger partial charge in [-0.25, -0.2) is 9.78 Å². The lowest BCUT2D eigenvalue weighted by Gasteiger charge is -2.54. The van der Waals surface area contributed by atoms with Crippen LogP contribution in [0.4, 0.5) is 0 Å². The molecule has 4 nitrogen and oxygen atoms in total. The minimum atomic E-state index is -0.229. The van der Waals surface area contributed by atoms with Crippen LogP contribution >= 0.6 is 0 Å². The Bertz CT molecular complexity index is 885. The van der Waals surface area contributed by atoms with Gasteiger partial charge in [0.25, 0.3) is 0 Å². The quantitative estimate of drug-likeness (QED) is 0.805. The van der Waals surface area contributed by atoms with Crippen molar-refractivity contribution in [2.24, 2.45) is 17.8 Å². The van der Waals surface area contributed by atoms with Crippen molar-refractivity contribution in [2.75, 3.05) is 6.61 Å². The van der Waals surface area contributed by atoms with Crippen LogP contribution < -0.4 is 5.32 Å². The van der Waals surface area contributed by atoms with Crippen LogP contribution in [0.1, 0.15) is 67.1 Å². The van der Waals surface area contributed by atoms with E-state index in [1.54, 1.807) is 0 Å². The average molecular weight is 380 g/mol. The number of pyridine rings is 1. The largest absolute Gasteiger partial charge is 0.462 e. The summed E-state index contributed by atoms with van der Waals surface area (Å²) >= 11 is 0. The molecular formula is C24H31N2O2+. The van der Waals surface area contributed by atoms with Crippen molar-refractivity contribution in [1.82, 2.24) is 4.98 Å². The Hall–Kier alpha value is -1.94. The molecule has 4 aliphatic carbocycles. The second-order valence-corrected chi connectivity index (χ2v) is 9.48. The van der Waals surface area contributed by atoms with Crippen molar-refractivity contribution in [3.8, 4) is 0 Å². The number of nitrogens with zero attached hydrogens (tertiary/aromatic N) is 1. The summed E-state index contributed by atoms with van der Waals surface area (Å²) in [7, 11) is 0. The van der Waals surface area contributed by atoms with Crippen molar-refractivity contribution >= 4 is 16.9 Å². The van der Waals surface area contributed by atoms with Crippen LogP contribution in [-0.4, -0.2) is 23.1 Å². The van der Waals surface area contributed by atoms with Gasteiger partial charge < -0.3 is 10.1 Å². The normalized spacial score (nSPS) is 30.7. The standard InChI is InChI=1S/C24H30N2O2/c1-3-28-23(27)22-15(2)19-6-4-5-7-20(19)26-21(22)14-25-24-11-16-8-17(12-24)10-18(9-16)13-24/h4-7,16-18,25H,3,8-14H2,1-2H3/p+1. The van der Waals surface area contributed by atoms with E-state index in [-0.39, 0.29) is 5.97 Å². The number of esters is 1. The molecule has 0 atom stereocenters. The Kier molecular flexibility index (Phi) is 4.42. The molecule has 4 fully saturated rings. The molecule has 0 unspecified atom stereocenters. The van der Waals surface area contributed by atoms with Crippen LogP contribution in [0.25, 0.3) is 10.9 Å². The van der Waals surface area contributed by atoms with E-state index in [0.717, 1.165) is 46.5 Å². The molecule has 2 N–H and O–H groups in total. The molecule has 0 saturated heterocycles. The Morgan fingerprint density at radius 2 is 1.79 bits per heavy atom. The fourth-order valence-electron chi connectivity index (χ4n) is 6.80. The number of carbonyl (C=O) groups is 1. The summed E-state index contributed by atoms with van der Waals surface area (Å²) in [5.74, 6) is 2.56. The summed E-state index contributed by atoms with van der Waals surface area (Å²) in [6.07, 6.45) is 8.40. The van der Waals surface area contributed by atoms with Crippen molar-refractivity contribution in [3.63, 3.8) is 0 Å². The van der Waals surface area contributed by atoms with Gasteiger partial charge >= 0.3 is 5.97 Å². The zero-order valence-corrected chi connectivity index (χ0v) is 17.0. The topological polar surface area (TPSA) is 55.8 Å². The molecule has 2 aromatic rings. The first-order valence-electron chi connectivity index (χ1n) is 11.0. The van der Waals surface area contributed by atoms with Crippen molar-refractivity contribution in [1.29, 1.82) is 0 Å². The smallest absolute Gasteiger partial charge is 0.340 e. The maximum Gasteiger partial charge on any atom is 0.340 e. The number of aryl methyl sites for hydroxylation is 1. The van der Waals surface area contributed by atoms with E-state index in [0.29, 0.717) is 17.7 Å². The fraction of sp³-hybridized carbons (Fsp3) is 0.583. The van der Waals surface area contributed by atoms with Gasteiger partial charge in [0.15, 0.2) is 0 Å². The van der Waals surface area contributed by atoms with E-state index in [1.807, 2.05) is 38.1 Å². The van der Waals surface area contributed by atoms with E-state index in [2.05, 4.69) is 5.32 Å². The molecule has 0 amide bonds. The number of rotatable bonds is 5. The number of fused-ring (bicyclic) bond motifs is 1. The molecule has 4 heteroatoms. The van der Waals surface area contributed by atoms with Crippen LogP contribution in [0.5, 0.6) is 0 Å². The lowest BCUT2D eigenvalue weighted by atomic mass is 9.53. The number of nitrogens with two attached hydrogens (primary N) is 1. The fourth-order valence-corrected chi connectivity index (χ4v) is 6.80. The Balaban J connectivity index is 1.48. The van der Waals surface area contributed by atoms with Gasteiger partial charge in [0.2, 0.25) is 0 Å². The minimum absolute atomic E-state index is 0.229. The van der Waals surface area contributed by atoms with Crippen LogP contribution in [-0.2, 0) is 11.3 Å². The molecule has 28 heavy (non-hydrogen) atoms. The summed E-state index contributed by atoms with van der Waals surface area (Å²) in [6.45, 7) is 5.06. The van der Waals surface area contributed by atoms with Gasteiger partial charge in [0, 0.05) is 24.6 Å². The minimum Gasteiger partial charge on any atom is -0.462 e. The number of quaternary nitrogens is 1. The SMILES string of the molecule is CCOC(=O)c1c(C[NH2+]C23CC4CC(CC(C4)C2)C3)nc2ccccc2c1C. The lowest BCUT2D eigenvalue weighted by Crippen LogP contribution is -2.97. The second kappa shape index (κ2) is 6.84. The third-order valence-corrected chi connectivity index (χ3v) is 7.52. The number of aromatic nitrogens is 1. The number of benzene rings is 1. The van der Waals surface area contributed by atoms with Crippen molar-refractivity contribution in [2.45, 2.75) is 64.5 Å². The van der Waals surface area contributed by atoms with Crippen LogP contribution in [0, 0.1) is 24.7 Å². The van der Waals surface area contributed by atoms with Gasteiger partial charge in [-0.1, -0.05) is 18.2 Å².